The molecule has 0 radical (unpaired) electrons. The first-order valence-corrected chi connectivity index (χ1v) is 9.48. The van der Waals surface area contributed by atoms with E-state index in [1.54, 1.807) is 0 Å². The molecule has 3 heterocycles. The Balaban J connectivity index is 1.23. The van der Waals surface area contributed by atoms with Crippen LogP contribution in [0.5, 0.6) is 0 Å². The van der Waals surface area contributed by atoms with E-state index >= 15 is 0 Å². The van der Waals surface area contributed by atoms with Crippen LogP contribution in [-0.4, -0.2) is 42.1 Å². The largest absolute Gasteiger partial charge is 0.461 e. The second-order valence-corrected chi connectivity index (χ2v) is 7.67. The van der Waals surface area contributed by atoms with Crippen molar-refractivity contribution < 1.29 is 9.53 Å². The molecular formula is C20H28N2O2. The highest BCUT2D eigenvalue weighted by Crippen LogP contribution is 2.32. The van der Waals surface area contributed by atoms with Gasteiger partial charge in [-0.25, -0.2) is 0 Å². The van der Waals surface area contributed by atoms with Crippen molar-refractivity contribution in [1.29, 1.82) is 0 Å². The lowest BCUT2D eigenvalue weighted by Gasteiger charge is -2.41. The number of rotatable bonds is 4. The molecule has 1 unspecified atom stereocenters. The number of ether oxygens (including phenoxy) is 1. The van der Waals surface area contributed by atoms with E-state index in [-0.39, 0.29) is 11.9 Å². The third kappa shape index (κ3) is 3.65. The minimum Gasteiger partial charge on any atom is -0.461 e. The van der Waals surface area contributed by atoms with Gasteiger partial charge in [0.05, 0.1) is 5.92 Å². The van der Waals surface area contributed by atoms with Crippen molar-refractivity contribution in [2.45, 2.75) is 63.3 Å². The molecule has 0 aromatic heterocycles. The molecule has 24 heavy (non-hydrogen) atoms. The molecule has 0 amide bonds. The van der Waals surface area contributed by atoms with E-state index < -0.39 is 0 Å². The van der Waals surface area contributed by atoms with Crippen LogP contribution < -0.4 is 5.32 Å². The number of carbonyl (C=O) groups excluding carboxylic acids is 1. The number of esters is 1. The summed E-state index contributed by atoms with van der Waals surface area (Å²) < 4.78 is 5.52. The van der Waals surface area contributed by atoms with Crippen molar-refractivity contribution >= 4 is 5.97 Å². The fourth-order valence-electron chi connectivity index (χ4n) is 4.67. The molecule has 3 saturated heterocycles. The van der Waals surface area contributed by atoms with Crippen LogP contribution in [0.25, 0.3) is 0 Å². The standard InChI is InChI=1S/C20H28N2O2/c23-20(24-14-15-4-2-1-3-5-15)16-8-10-22(11-9-16)19-12-17-6-7-18(13-19)21-17/h1-5,16-19,21H,6-14H2/t17-,18+,19?. The Bertz CT molecular complexity index is 542. The van der Waals surface area contributed by atoms with Crippen LogP contribution in [0.2, 0.25) is 0 Å². The number of nitrogens with one attached hydrogen (secondary N) is 1. The highest BCUT2D eigenvalue weighted by Gasteiger charge is 2.37. The summed E-state index contributed by atoms with van der Waals surface area (Å²) in [7, 11) is 0. The Labute approximate surface area is 144 Å². The summed E-state index contributed by atoms with van der Waals surface area (Å²) in [4.78, 5) is 14.9. The zero-order valence-electron chi connectivity index (χ0n) is 14.3. The highest BCUT2D eigenvalue weighted by atomic mass is 16.5. The fourth-order valence-corrected chi connectivity index (χ4v) is 4.67. The summed E-state index contributed by atoms with van der Waals surface area (Å²) in [5, 5.41) is 3.72. The molecule has 130 valence electrons. The number of nitrogens with zero attached hydrogens (tertiary/aromatic N) is 1. The Morgan fingerprint density at radius 3 is 2.38 bits per heavy atom. The molecule has 0 spiro atoms. The second-order valence-electron chi connectivity index (χ2n) is 7.67. The van der Waals surface area contributed by atoms with Gasteiger partial charge < -0.3 is 15.0 Å². The Kier molecular flexibility index (Phi) is 4.86. The van der Waals surface area contributed by atoms with Crippen molar-refractivity contribution in [3.63, 3.8) is 0 Å². The molecule has 3 aliphatic heterocycles. The first kappa shape index (κ1) is 16.1. The predicted octanol–water partition coefficient (Wildman–Crippen LogP) is 2.72. The second kappa shape index (κ2) is 7.24. The van der Waals surface area contributed by atoms with Crippen LogP contribution in [0.3, 0.4) is 0 Å². The molecule has 4 nitrogen and oxygen atoms in total. The van der Waals surface area contributed by atoms with Gasteiger partial charge in [-0.1, -0.05) is 30.3 Å². The number of piperidine rings is 2. The van der Waals surface area contributed by atoms with Gasteiger partial charge >= 0.3 is 5.97 Å². The fraction of sp³-hybridized carbons (Fsp3) is 0.650. The van der Waals surface area contributed by atoms with Crippen LogP contribution in [0.1, 0.15) is 44.1 Å². The zero-order chi connectivity index (χ0) is 16.4. The third-order valence-corrected chi connectivity index (χ3v) is 6.05. The first-order valence-electron chi connectivity index (χ1n) is 9.48. The summed E-state index contributed by atoms with van der Waals surface area (Å²) in [5.41, 5.74) is 1.06. The number of carbonyl (C=O) groups is 1. The number of benzene rings is 1. The molecule has 4 heteroatoms. The molecule has 1 N–H and O–H groups in total. The van der Waals surface area contributed by atoms with Crippen LogP contribution in [-0.2, 0) is 16.1 Å². The lowest BCUT2D eigenvalue weighted by atomic mass is 9.92. The molecule has 3 fully saturated rings. The van der Waals surface area contributed by atoms with Crippen LogP contribution in [0, 0.1) is 5.92 Å². The first-order chi connectivity index (χ1) is 11.8. The van der Waals surface area contributed by atoms with Crippen LogP contribution in [0.4, 0.5) is 0 Å². The summed E-state index contributed by atoms with van der Waals surface area (Å²) in [5.74, 6) is 0.0762. The van der Waals surface area contributed by atoms with Crippen molar-refractivity contribution in [2.75, 3.05) is 13.1 Å². The zero-order valence-corrected chi connectivity index (χ0v) is 14.3. The van der Waals surface area contributed by atoms with E-state index in [4.69, 9.17) is 4.74 Å². The van der Waals surface area contributed by atoms with E-state index in [9.17, 15) is 4.79 Å². The summed E-state index contributed by atoms with van der Waals surface area (Å²) in [6.07, 6.45) is 7.19. The monoisotopic (exact) mass is 328 g/mol. The van der Waals surface area contributed by atoms with Gasteiger partial charge in [-0.05, 0) is 57.2 Å². The van der Waals surface area contributed by atoms with Gasteiger partial charge in [-0.2, -0.15) is 0 Å². The van der Waals surface area contributed by atoms with Crippen LogP contribution in [0.15, 0.2) is 30.3 Å². The van der Waals surface area contributed by atoms with Gasteiger partial charge in [0.2, 0.25) is 0 Å². The van der Waals surface area contributed by atoms with Crippen molar-refractivity contribution in [3.05, 3.63) is 35.9 Å². The normalized spacial score (nSPS) is 31.1. The molecule has 4 rings (SSSR count). The minimum absolute atomic E-state index is 0.0103. The van der Waals surface area contributed by atoms with Crippen LogP contribution >= 0.6 is 0 Å². The Hall–Kier alpha value is -1.39. The molecular weight excluding hydrogens is 300 g/mol. The van der Waals surface area contributed by atoms with Crippen molar-refractivity contribution in [1.82, 2.24) is 10.2 Å². The van der Waals surface area contributed by atoms with Gasteiger partial charge in [0.1, 0.15) is 6.61 Å². The quantitative estimate of drug-likeness (QED) is 0.863. The lowest BCUT2D eigenvalue weighted by Crippen LogP contribution is -2.50. The molecule has 0 aliphatic carbocycles. The smallest absolute Gasteiger partial charge is 0.309 e. The number of likely N-dealkylation sites (tertiary alicyclic amines) is 1. The SMILES string of the molecule is O=C(OCc1ccccc1)C1CCN(C2C[C@H]3CC[C@@H](C2)N3)CC1. The third-order valence-electron chi connectivity index (χ3n) is 6.05. The van der Waals surface area contributed by atoms with Gasteiger partial charge in [-0.15, -0.1) is 0 Å². The van der Waals surface area contributed by atoms with E-state index in [1.165, 1.54) is 25.7 Å². The number of hydrogen-bond acceptors (Lipinski definition) is 4. The Morgan fingerprint density at radius 1 is 1.04 bits per heavy atom. The van der Waals surface area contributed by atoms with Crippen molar-refractivity contribution in [3.8, 4) is 0 Å². The number of fused-ring (bicyclic) bond motifs is 2. The minimum atomic E-state index is -0.0103. The maximum atomic E-state index is 12.3. The molecule has 3 atom stereocenters. The van der Waals surface area contributed by atoms with E-state index in [2.05, 4.69) is 10.2 Å². The highest BCUT2D eigenvalue weighted by molar-refractivity contribution is 5.72. The molecule has 3 aliphatic rings. The summed E-state index contributed by atoms with van der Waals surface area (Å²) >= 11 is 0. The molecule has 2 bridgehead atoms. The van der Waals surface area contributed by atoms with E-state index in [0.717, 1.165) is 49.6 Å². The van der Waals surface area contributed by atoms with Gasteiger partial charge in [0.25, 0.3) is 0 Å². The summed E-state index contributed by atoms with van der Waals surface area (Å²) in [6, 6.07) is 12.1. The average Bonchev–Trinajstić information content (AvgIpc) is 2.98. The predicted molar refractivity (Wildman–Crippen MR) is 93.5 cm³/mol. The Morgan fingerprint density at radius 2 is 1.71 bits per heavy atom. The summed E-state index contributed by atoms with van der Waals surface area (Å²) in [6.45, 7) is 2.50. The van der Waals surface area contributed by atoms with Gasteiger partial charge in [0.15, 0.2) is 0 Å². The maximum Gasteiger partial charge on any atom is 0.309 e. The topological polar surface area (TPSA) is 41.6 Å². The van der Waals surface area contributed by atoms with Gasteiger partial charge in [0, 0.05) is 18.1 Å². The molecule has 1 aromatic rings. The van der Waals surface area contributed by atoms with E-state index in [1.807, 2.05) is 30.3 Å². The maximum absolute atomic E-state index is 12.3. The number of hydrogen-bond donors (Lipinski definition) is 1. The average molecular weight is 328 g/mol. The van der Waals surface area contributed by atoms with Gasteiger partial charge in [-0.3, -0.25) is 4.79 Å². The van der Waals surface area contributed by atoms with E-state index in [0.29, 0.717) is 6.61 Å². The van der Waals surface area contributed by atoms with Crippen molar-refractivity contribution in [2.24, 2.45) is 5.92 Å². The molecule has 1 aromatic carbocycles. The lowest BCUT2D eigenvalue weighted by molar-refractivity contribution is -0.151. The molecule has 0 saturated carbocycles.